The van der Waals surface area contributed by atoms with Crippen LogP contribution in [-0.4, -0.2) is 5.84 Å². The van der Waals surface area contributed by atoms with E-state index in [-0.39, 0.29) is 11.6 Å². The van der Waals surface area contributed by atoms with Crippen molar-refractivity contribution in [3.63, 3.8) is 0 Å². The molecule has 2 rings (SSSR count). The molecule has 0 fully saturated rings. The first-order chi connectivity index (χ1) is 10.0. The smallest absolute Gasteiger partial charge is 0.166 e. The summed E-state index contributed by atoms with van der Waals surface area (Å²) in [4.78, 5) is 0. The van der Waals surface area contributed by atoms with Crippen molar-refractivity contribution in [3.05, 3.63) is 59.4 Å². The van der Waals surface area contributed by atoms with Gasteiger partial charge in [-0.3, -0.25) is 5.41 Å². The molecule has 2 aromatic carbocycles. The highest BCUT2D eigenvalue weighted by Gasteiger charge is 2.08. The quantitative estimate of drug-likeness (QED) is 0.631. The van der Waals surface area contributed by atoms with Crippen LogP contribution in [0.1, 0.15) is 37.3 Å². The van der Waals surface area contributed by atoms with Crippen molar-refractivity contribution in [1.82, 2.24) is 0 Å². The van der Waals surface area contributed by atoms with Gasteiger partial charge in [-0.15, -0.1) is 0 Å². The van der Waals surface area contributed by atoms with Gasteiger partial charge in [0.05, 0.1) is 0 Å². The zero-order valence-electron chi connectivity index (χ0n) is 12.2. The van der Waals surface area contributed by atoms with Crippen LogP contribution in [0.4, 0.5) is 4.39 Å². The number of ether oxygens (including phenoxy) is 1. The molecule has 0 aliphatic rings. The van der Waals surface area contributed by atoms with E-state index in [0.717, 1.165) is 6.42 Å². The van der Waals surface area contributed by atoms with Crippen molar-refractivity contribution in [2.24, 2.45) is 5.73 Å². The van der Waals surface area contributed by atoms with Gasteiger partial charge in [0.25, 0.3) is 0 Å². The summed E-state index contributed by atoms with van der Waals surface area (Å²) in [6.45, 7) is 4.30. The van der Waals surface area contributed by atoms with E-state index in [4.69, 9.17) is 15.9 Å². The second kappa shape index (κ2) is 6.39. The van der Waals surface area contributed by atoms with Gasteiger partial charge in [-0.2, -0.15) is 0 Å². The van der Waals surface area contributed by atoms with E-state index >= 15 is 0 Å². The largest absolute Gasteiger partial charge is 0.454 e. The summed E-state index contributed by atoms with van der Waals surface area (Å²) in [7, 11) is 0. The lowest BCUT2D eigenvalue weighted by atomic mass is 9.99. The summed E-state index contributed by atoms with van der Waals surface area (Å²) in [5, 5.41) is 7.28. The molecule has 0 aliphatic heterocycles. The summed E-state index contributed by atoms with van der Waals surface area (Å²) < 4.78 is 19.4. The highest BCUT2D eigenvalue weighted by Crippen LogP contribution is 2.27. The molecule has 3 nitrogen and oxygen atoms in total. The second-order valence-electron chi connectivity index (χ2n) is 5.04. The Labute approximate surface area is 124 Å². The molecule has 0 bridgehead atoms. The van der Waals surface area contributed by atoms with Crippen molar-refractivity contribution >= 4 is 5.84 Å². The fourth-order valence-corrected chi connectivity index (χ4v) is 1.98. The molecule has 3 N–H and O–H groups in total. The van der Waals surface area contributed by atoms with Gasteiger partial charge in [-0.25, -0.2) is 4.39 Å². The van der Waals surface area contributed by atoms with Crippen LogP contribution < -0.4 is 10.5 Å². The predicted molar refractivity (Wildman–Crippen MR) is 82.6 cm³/mol. The van der Waals surface area contributed by atoms with Gasteiger partial charge in [0, 0.05) is 5.56 Å². The van der Waals surface area contributed by atoms with Gasteiger partial charge in [-0.1, -0.05) is 26.0 Å². The van der Waals surface area contributed by atoms with Crippen LogP contribution in [0.5, 0.6) is 11.5 Å². The number of nitrogens with two attached hydrogens (primary N) is 1. The molecule has 2 aromatic rings. The standard InChI is InChI=1S/C17H19FN2O/c1-3-11(2)12-4-7-14(8-5-12)21-16-9-6-13(17(19)20)10-15(16)18/h4-11H,3H2,1-2H3,(H3,19,20). The molecule has 0 aliphatic carbocycles. The minimum absolute atomic E-state index is 0.122. The maximum absolute atomic E-state index is 13.9. The van der Waals surface area contributed by atoms with Crippen LogP contribution in [0.3, 0.4) is 0 Å². The van der Waals surface area contributed by atoms with Gasteiger partial charge in [-0.05, 0) is 48.2 Å². The Bertz CT molecular complexity index is 638. The van der Waals surface area contributed by atoms with Crippen LogP contribution in [-0.2, 0) is 0 Å². The second-order valence-corrected chi connectivity index (χ2v) is 5.04. The maximum atomic E-state index is 13.9. The molecule has 0 saturated carbocycles. The number of amidine groups is 1. The molecule has 0 aromatic heterocycles. The minimum Gasteiger partial charge on any atom is -0.454 e. The van der Waals surface area contributed by atoms with Crippen molar-refractivity contribution in [2.75, 3.05) is 0 Å². The third-order valence-corrected chi connectivity index (χ3v) is 3.53. The lowest BCUT2D eigenvalue weighted by molar-refractivity contribution is 0.442. The third kappa shape index (κ3) is 3.60. The SMILES string of the molecule is CCC(C)c1ccc(Oc2ccc(C(=N)N)cc2F)cc1. The Morgan fingerprint density at radius 2 is 1.90 bits per heavy atom. The Morgan fingerprint density at radius 3 is 2.43 bits per heavy atom. The molecular weight excluding hydrogens is 267 g/mol. The first-order valence-electron chi connectivity index (χ1n) is 6.93. The fourth-order valence-electron chi connectivity index (χ4n) is 1.98. The van der Waals surface area contributed by atoms with Gasteiger partial charge < -0.3 is 10.5 Å². The number of nitrogen functional groups attached to an aromatic ring is 1. The Morgan fingerprint density at radius 1 is 1.24 bits per heavy atom. The lowest BCUT2D eigenvalue weighted by Crippen LogP contribution is -2.11. The molecule has 0 spiro atoms. The van der Waals surface area contributed by atoms with Crippen LogP contribution in [0.2, 0.25) is 0 Å². The summed E-state index contributed by atoms with van der Waals surface area (Å²) >= 11 is 0. The third-order valence-electron chi connectivity index (χ3n) is 3.53. The predicted octanol–water partition coefficient (Wildman–Crippen LogP) is 4.42. The number of nitrogens with one attached hydrogen (secondary N) is 1. The van der Waals surface area contributed by atoms with E-state index in [0.29, 0.717) is 17.2 Å². The monoisotopic (exact) mass is 286 g/mol. The van der Waals surface area contributed by atoms with Crippen molar-refractivity contribution in [2.45, 2.75) is 26.2 Å². The van der Waals surface area contributed by atoms with Crippen molar-refractivity contribution in [1.29, 1.82) is 5.41 Å². The molecule has 0 amide bonds. The zero-order valence-corrected chi connectivity index (χ0v) is 12.2. The Balaban J connectivity index is 2.16. The van der Waals surface area contributed by atoms with E-state index in [9.17, 15) is 4.39 Å². The van der Waals surface area contributed by atoms with Gasteiger partial charge >= 0.3 is 0 Å². The molecule has 21 heavy (non-hydrogen) atoms. The average Bonchev–Trinajstić information content (AvgIpc) is 2.49. The van der Waals surface area contributed by atoms with Crippen molar-refractivity contribution < 1.29 is 9.13 Å². The first kappa shape index (κ1) is 15.0. The fraction of sp³-hybridized carbons (Fsp3) is 0.235. The highest BCUT2D eigenvalue weighted by atomic mass is 19.1. The zero-order chi connectivity index (χ0) is 15.4. The lowest BCUT2D eigenvalue weighted by Gasteiger charge is -2.11. The number of rotatable bonds is 5. The van der Waals surface area contributed by atoms with E-state index in [1.807, 2.05) is 24.3 Å². The van der Waals surface area contributed by atoms with E-state index < -0.39 is 5.82 Å². The van der Waals surface area contributed by atoms with Gasteiger partial charge in [0.2, 0.25) is 0 Å². The molecule has 110 valence electrons. The summed E-state index contributed by atoms with van der Waals surface area (Å²) in [5.41, 5.74) is 6.89. The minimum atomic E-state index is -0.534. The number of hydrogen-bond donors (Lipinski definition) is 2. The van der Waals surface area contributed by atoms with E-state index in [1.165, 1.54) is 17.7 Å². The normalized spacial score (nSPS) is 12.0. The van der Waals surface area contributed by atoms with Gasteiger partial charge in [0.15, 0.2) is 11.6 Å². The number of benzene rings is 2. The molecule has 0 radical (unpaired) electrons. The molecule has 0 heterocycles. The highest BCUT2D eigenvalue weighted by molar-refractivity contribution is 5.95. The molecule has 1 unspecified atom stereocenters. The van der Waals surface area contributed by atoms with E-state index in [1.54, 1.807) is 6.07 Å². The first-order valence-corrected chi connectivity index (χ1v) is 6.93. The summed E-state index contributed by atoms with van der Waals surface area (Å²) in [6.07, 6.45) is 1.07. The Kier molecular flexibility index (Phi) is 4.58. The molecular formula is C17H19FN2O. The number of hydrogen-bond acceptors (Lipinski definition) is 2. The maximum Gasteiger partial charge on any atom is 0.166 e. The Hall–Kier alpha value is -2.36. The van der Waals surface area contributed by atoms with Crippen LogP contribution in [0, 0.1) is 11.2 Å². The molecule has 4 heteroatoms. The van der Waals surface area contributed by atoms with Crippen LogP contribution in [0.25, 0.3) is 0 Å². The molecule has 1 atom stereocenters. The summed E-state index contributed by atoms with van der Waals surface area (Å²) in [6, 6.07) is 11.9. The van der Waals surface area contributed by atoms with Crippen LogP contribution in [0.15, 0.2) is 42.5 Å². The number of halogens is 1. The summed E-state index contributed by atoms with van der Waals surface area (Å²) in [5.74, 6) is 0.491. The van der Waals surface area contributed by atoms with E-state index in [2.05, 4.69) is 13.8 Å². The average molecular weight is 286 g/mol. The topological polar surface area (TPSA) is 59.1 Å². The van der Waals surface area contributed by atoms with Gasteiger partial charge in [0.1, 0.15) is 11.6 Å². The van der Waals surface area contributed by atoms with Crippen molar-refractivity contribution in [3.8, 4) is 11.5 Å². The molecule has 0 saturated heterocycles. The van der Waals surface area contributed by atoms with Crippen LogP contribution >= 0.6 is 0 Å².